The molecule has 0 nitrogen and oxygen atoms in total. The van der Waals surface area contributed by atoms with Gasteiger partial charge in [-0.3, -0.25) is 0 Å². The Morgan fingerprint density at radius 3 is 1.73 bits per heavy atom. The molecular weight excluding hydrogens is 132 g/mol. The minimum absolute atomic E-state index is 0.584. The Kier molecular flexibility index (Phi) is 8.57. The molecule has 0 aliphatic rings. The van der Waals surface area contributed by atoms with Crippen LogP contribution in [0.3, 0.4) is 0 Å². The Morgan fingerprint density at radius 1 is 1.27 bits per heavy atom. The first-order valence-electron chi connectivity index (χ1n) is 3.91. The fraction of sp³-hybridized carbons (Fsp3) is 0.455. The highest BCUT2D eigenvalue weighted by Gasteiger charge is 1.99. The predicted octanol–water partition coefficient (Wildman–Crippen LogP) is 3.97. The van der Waals surface area contributed by atoms with E-state index in [4.69, 9.17) is 0 Å². The molecule has 0 N–H and O–H groups in total. The molecule has 0 radical (unpaired) electrons. The molecular formula is C11H20. The number of allylic oxidation sites excluding steroid dienone is 3. The average Bonchev–Trinajstić information content (AvgIpc) is 2.05. The summed E-state index contributed by atoms with van der Waals surface area (Å²) in [6.45, 7) is 18.4. The Morgan fingerprint density at radius 2 is 1.64 bits per heavy atom. The molecule has 0 aliphatic heterocycles. The molecule has 0 heteroatoms. The molecule has 0 rings (SSSR count). The van der Waals surface area contributed by atoms with E-state index in [1.54, 1.807) is 0 Å². The second-order valence-electron chi connectivity index (χ2n) is 2.65. The lowest BCUT2D eigenvalue weighted by Crippen LogP contribution is -1.92. The molecule has 0 aromatic carbocycles. The standard InChI is InChI=1S/C9H16.C2H4/c1-6-8(4)9(5)7(2)3;1-2/h6-7H,5H2,1-4H3;1-2H2/b8-6-;. The van der Waals surface area contributed by atoms with Crippen LogP contribution in [-0.4, -0.2) is 0 Å². The molecule has 0 bridgehead atoms. The maximum atomic E-state index is 3.96. The maximum absolute atomic E-state index is 3.96. The van der Waals surface area contributed by atoms with E-state index in [1.165, 1.54) is 11.1 Å². The smallest absolute Gasteiger partial charge is 0.0222 e. The van der Waals surface area contributed by atoms with Crippen molar-refractivity contribution >= 4 is 0 Å². The first-order chi connectivity index (χ1) is 5.09. The molecule has 0 saturated carbocycles. The second kappa shape index (κ2) is 7.33. The van der Waals surface area contributed by atoms with Gasteiger partial charge in [-0.05, 0) is 19.8 Å². The highest BCUT2D eigenvalue weighted by molar-refractivity contribution is 5.26. The van der Waals surface area contributed by atoms with Gasteiger partial charge >= 0.3 is 0 Å². The van der Waals surface area contributed by atoms with Crippen LogP contribution >= 0.6 is 0 Å². The lowest BCUT2D eigenvalue weighted by atomic mass is 9.98. The van der Waals surface area contributed by atoms with Crippen molar-refractivity contribution in [2.75, 3.05) is 0 Å². The van der Waals surface area contributed by atoms with E-state index in [0.29, 0.717) is 5.92 Å². The molecule has 0 aliphatic carbocycles. The molecule has 0 aromatic rings. The van der Waals surface area contributed by atoms with Gasteiger partial charge in [0.05, 0.1) is 0 Å². The largest absolute Gasteiger partial charge is 0.106 e. The first kappa shape index (κ1) is 12.9. The maximum Gasteiger partial charge on any atom is -0.0222 e. The Bertz CT molecular complexity index is 138. The normalized spacial score (nSPS) is 10.5. The van der Waals surface area contributed by atoms with Crippen LogP contribution in [0, 0.1) is 5.92 Å². The van der Waals surface area contributed by atoms with Crippen molar-refractivity contribution in [3.05, 3.63) is 37.0 Å². The molecule has 0 heterocycles. The minimum atomic E-state index is 0.584. The fourth-order valence-corrected chi connectivity index (χ4v) is 0.641. The van der Waals surface area contributed by atoms with Crippen molar-refractivity contribution in [2.24, 2.45) is 5.92 Å². The van der Waals surface area contributed by atoms with Crippen molar-refractivity contribution in [3.8, 4) is 0 Å². The summed E-state index contributed by atoms with van der Waals surface area (Å²) in [7, 11) is 0. The zero-order chi connectivity index (χ0) is 9.44. The third-order valence-corrected chi connectivity index (χ3v) is 1.64. The van der Waals surface area contributed by atoms with E-state index in [1.807, 2.05) is 6.92 Å². The SMILES string of the molecule is C=C.C=C(/C(C)=C\C)C(C)C. The molecule has 0 fully saturated rings. The Labute approximate surface area is 71.3 Å². The molecule has 0 aromatic heterocycles. The fourth-order valence-electron chi connectivity index (χ4n) is 0.641. The van der Waals surface area contributed by atoms with Gasteiger partial charge in [0.1, 0.15) is 0 Å². The van der Waals surface area contributed by atoms with Crippen LogP contribution in [-0.2, 0) is 0 Å². The number of hydrogen-bond acceptors (Lipinski definition) is 0. The Balaban J connectivity index is 0. The quantitative estimate of drug-likeness (QED) is 0.415. The summed E-state index contributed by atoms with van der Waals surface area (Å²) < 4.78 is 0. The monoisotopic (exact) mass is 152 g/mol. The topological polar surface area (TPSA) is 0 Å². The number of rotatable bonds is 2. The lowest BCUT2D eigenvalue weighted by Gasteiger charge is -2.08. The summed E-state index contributed by atoms with van der Waals surface area (Å²) in [5, 5.41) is 0. The summed E-state index contributed by atoms with van der Waals surface area (Å²) in [5.74, 6) is 0.584. The summed E-state index contributed by atoms with van der Waals surface area (Å²) in [4.78, 5) is 0. The average molecular weight is 152 g/mol. The van der Waals surface area contributed by atoms with E-state index in [2.05, 4.69) is 46.6 Å². The van der Waals surface area contributed by atoms with E-state index in [9.17, 15) is 0 Å². The zero-order valence-electron chi connectivity index (χ0n) is 8.28. The van der Waals surface area contributed by atoms with Crippen molar-refractivity contribution < 1.29 is 0 Å². The van der Waals surface area contributed by atoms with Gasteiger partial charge in [-0.1, -0.05) is 37.6 Å². The molecule has 0 atom stereocenters. The summed E-state index contributed by atoms with van der Waals surface area (Å²) in [6.07, 6.45) is 2.10. The van der Waals surface area contributed by atoms with Crippen molar-refractivity contribution in [1.82, 2.24) is 0 Å². The van der Waals surface area contributed by atoms with Gasteiger partial charge in [-0.2, -0.15) is 0 Å². The van der Waals surface area contributed by atoms with E-state index in [-0.39, 0.29) is 0 Å². The molecule has 0 spiro atoms. The predicted molar refractivity (Wildman–Crippen MR) is 54.7 cm³/mol. The minimum Gasteiger partial charge on any atom is -0.106 e. The van der Waals surface area contributed by atoms with Gasteiger partial charge in [0.15, 0.2) is 0 Å². The van der Waals surface area contributed by atoms with Crippen LogP contribution in [0.1, 0.15) is 27.7 Å². The van der Waals surface area contributed by atoms with Crippen LogP contribution in [0.2, 0.25) is 0 Å². The van der Waals surface area contributed by atoms with Crippen LogP contribution in [0.25, 0.3) is 0 Å². The van der Waals surface area contributed by atoms with Gasteiger partial charge in [-0.25, -0.2) is 0 Å². The van der Waals surface area contributed by atoms with E-state index in [0.717, 1.165) is 0 Å². The van der Waals surface area contributed by atoms with Gasteiger partial charge in [0, 0.05) is 0 Å². The third kappa shape index (κ3) is 5.65. The Hall–Kier alpha value is -0.780. The van der Waals surface area contributed by atoms with Crippen molar-refractivity contribution in [1.29, 1.82) is 0 Å². The lowest BCUT2D eigenvalue weighted by molar-refractivity contribution is 0.781. The van der Waals surface area contributed by atoms with E-state index < -0.39 is 0 Å². The number of hydrogen-bond donors (Lipinski definition) is 0. The van der Waals surface area contributed by atoms with Crippen molar-refractivity contribution in [3.63, 3.8) is 0 Å². The first-order valence-corrected chi connectivity index (χ1v) is 3.91. The third-order valence-electron chi connectivity index (χ3n) is 1.64. The second-order valence-corrected chi connectivity index (χ2v) is 2.65. The van der Waals surface area contributed by atoms with Crippen LogP contribution in [0.4, 0.5) is 0 Å². The molecule has 0 saturated heterocycles. The van der Waals surface area contributed by atoms with Crippen LogP contribution in [0.5, 0.6) is 0 Å². The summed E-state index contributed by atoms with van der Waals surface area (Å²) in [5.41, 5.74) is 2.56. The highest BCUT2D eigenvalue weighted by Crippen LogP contribution is 2.15. The van der Waals surface area contributed by atoms with Gasteiger partial charge in [0.25, 0.3) is 0 Å². The zero-order valence-corrected chi connectivity index (χ0v) is 8.28. The highest BCUT2D eigenvalue weighted by atomic mass is 14.0. The van der Waals surface area contributed by atoms with Gasteiger partial charge in [0.2, 0.25) is 0 Å². The summed E-state index contributed by atoms with van der Waals surface area (Å²) >= 11 is 0. The van der Waals surface area contributed by atoms with Gasteiger partial charge in [-0.15, -0.1) is 13.2 Å². The summed E-state index contributed by atoms with van der Waals surface area (Å²) in [6, 6.07) is 0. The molecule has 0 amide bonds. The molecule has 11 heavy (non-hydrogen) atoms. The van der Waals surface area contributed by atoms with Gasteiger partial charge < -0.3 is 0 Å². The van der Waals surface area contributed by atoms with Crippen LogP contribution in [0.15, 0.2) is 37.0 Å². The van der Waals surface area contributed by atoms with Crippen molar-refractivity contribution in [2.45, 2.75) is 27.7 Å². The van der Waals surface area contributed by atoms with Crippen LogP contribution < -0.4 is 0 Å². The molecule has 64 valence electrons. The molecule has 0 unspecified atom stereocenters. The van der Waals surface area contributed by atoms with E-state index >= 15 is 0 Å².